The number of rotatable bonds is 6. The summed E-state index contributed by atoms with van der Waals surface area (Å²) in [6, 6.07) is 15.9. The number of furan rings is 1. The summed E-state index contributed by atoms with van der Waals surface area (Å²) in [5.41, 5.74) is 0.825. The minimum absolute atomic E-state index is 0.0452. The van der Waals surface area contributed by atoms with Crippen LogP contribution in [0, 0.1) is 17.1 Å². The number of nitrogens with zero attached hydrogens (tertiary/aromatic N) is 1. The molecule has 0 unspecified atom stereocenters. The maximum Gasteiger partial charge on any atom is 0.338 e. The second-order valence-electron chi connectivity index (χ2n) is 6.25. The summed E-state index contributed by atoms with van der Waals surface area (Å²) in [5.74, 6) is -1.05. The smallest absolute Gasteiger partial charge is 0.338 e. The van der Waals surface area contributed by atoms with E-state index in [4.69, 9.17) is 9.15 Å². The number of carbonyl (C=O) groups excluding carboxylic acids is 2. The van der Waals surface area contributed by atoms with Crippen LogP contribution in [0.15, 0.2) is 69.1 Å². The lowest BCUT2D eigenvalue weighted by Gasteiger charge is -2.05. The summed E-state index contributed by atoms with van der Waals surface area (Å²) in [4.78, 5) is 24.1. The van der Waals surface area contributed by atoms with Gasteiger partial charge in [-0.2, -0.15) is 5.26 Å². The van der Waals surface area contributed by atoms with Crippen molar-refractivity contribution in [2.45, 2.75) is 6.92 Å². The highest BCUT2D eigenvalue weighted by Gasteiger charge is 2.14. The highest BCUT2D eigenvalue weighted by molar-refractivity contribution is 9.10. The van der Waals surface area contributed by atoms with Gasteiger partial charge in [-0.25, -0.2) is 9.18 Å². The van der Waals surface area contributed by atoms with Crippen molar-refractivity contribution in [2.24, 2.45) is 0 Å². The van der Waals surface area contributed by atoms with E-state index < -0.39 is 17.7 Å². The van der Waals surface area contributed by atoms with Crippen molar-refractivity contribution in [1.29, 1.82) is 5.26 Å². The van der Waals surface area contributed by atoms with E-state index in [1.165, 1.54) is 18.2 Å². The minimum atomic E-state index is -0.763. The normalized spacial score (nSPS) is 11.0. The SMILES string of the molecule is CCOC(=O)c1ccc(-c2ccc(C=C(C#N)C(=O)Nc3ccc(Br)cc3F)o2)cc1. The fraction of sp³-hybridized carbons (Fsp3) is 0.0870. The number of amides is 1. The average Bonchev–Trinajstić information content (AvgIpc) is 3.23. The monoisotopic (exact) mass is 482 g/mol. The van der Waals surface area contributed by atoms with Crippen LogP contribution in [0.3, 0.4) is 0 Å². The van der Waals surface area contributed by atoms with Crippen molar-refractivity contribution in [2.75, 3.05) is 11.9 Å². The Bertz CT molecular complexity index is 1190. The summed E-state index contributed by atoms with van der Waals surface area (Å²) in [7, 11) is 0. The molecule has 0 aliphatic heterocycles. The fourth-order valence-electron chi connectivity index (χ4n) is 2.64. The molecule has 0 radical (unpaired) electrons. The molecule has 3 aromatic rings. The molecule has 0 bridgehead atoms. The third-order valence-electron chi connectivity index (χ3n) is 4.14. The van der Waals surface area contributed by atoms with Crippen molar-refractivity contribution >= 4 is 39.6 Å². The largest absolute Gasteiger partial charge is 0.462 e. The van der Waals surface area contributed by atoms with Gasteiger partial charge in [-0.1, -0.05) is 28.1 Å². The van der Waals surface area contributed by atoms with Gasteiger partial charge in [0.1, 0.15) is 29.0 Å². The second kappa shape index (κ2) is 9.87. The molecule has 3 rings (SSSR count). The molecule has 0 saturated carbocycles. The van der Waals surface area contributed by atoms with Crippen LogP contribution < -0.4 is 5.32 Å². The van der Waals surface area contributed by atoms with Crippen molar-refractivity contribution in [3.63, 3.8) is 0 Å². The lowest BCUT2D eigenvalue weighted by molar-refractivity contribution is -0.112. The molecule has 0 saturated heterocycles. The lowest BCUT2D eigenvalue weighted by Crippen LogP contribution is -2.14. The van der Waals surface area contributed by atoms with E-state index in [0.29, 0.717) is 21.4 Å². The van der Waals surface area contributed by atoms with Gasteiger partial charge < -0.3 is 14.5 Å². The van der Waals surface area contributed by atoms with E-state index in [1.807, 2.05) is 0 Å². The van der Waals surface area contributed by atoms with E-state index in [2.05, 4.69) is 21.2 Å². The molecule has 8 heteroatoms. The number of hydrogen-bond donors (Lipinski definition) is 1. The molecule has 0 aliphatic carbocycles. The van der Waals surface area contributed by atoms with Crippen LogP contribution in [0.25, 0.3) is 17.4 Å². The second-order valence-corrected chi connectivity index (χ2v) is 7.16. The quantitative estimate of drug-likeness (QED) is 0.281. The molecular formula is C23H16BrFN2O4. The fourth-order valence-corrected chi connectivity index (χ4v) is 2.98. The first-order valence-electron chi connectivity index (χ1n) is 9.17. The Labute approximate surface area is 186 Å². The Morgan fingerprint density at radius 2 is 1.94 bits per heavy atom. The summed E-state index contributed by atoms with van der Waals surface area (Å²) >= 11 is 3.14. The molecule has 1 aromatic heterocycles. The predicted molar refractivity (Wildman–Crippen MR) is 116 cm³/mol. The Morgan fingerprint density at radius 3 is 2.58 bits per heavy atom. The lowest BCUT2D eigenvalue weighted by atomic mass is 10.1. The van der Waals surface area contributed by atoms with Crippen molar-refractivity contribution in [1.82, 2.24) is 0 Å². The van der Waals surface area contributed by atoms with Gasteiger partial charge in [0.2, 0.25) is 0 Å². The number of nitriles is 1. The van der Waals surface area contributed by atoms with E-state index in [0.717, 1.165) is 0 Å². The maximum atomic E-state index is 13.9. The van der Waals surface area contributed by atoms with Gasteiger partial charge in [0.05, 0.1) is 17.9 Å². The first-order valence-corrected chi connectivity index (χ1v) is 9.96. The van der Waals surface area contributed by atoms with Gasteiger partial charge in [0.25, 0.3) is 5.91 Å². The van der Waals surface area contributed by atoms with Crippen LogP contribution in [0.4, 0.5) is 10.1 Å². The van der Waals surface area contributed by atoms with Crippen molar-refractivity contribution in [3.8, 4) is 17.4 Å². The average molecular weight is 483 g/mol. The third kappa shape index (κ3) is 5.47. The molecule has 2 aromatic carbocycles. The van der Waals surface area contributed by atoms with E-state index >= 15 is 0 Å². The molecule has 6 nitrogen and oxygen atoms in total. The number of benzene rings is 2. The molecule has 31 heavy (non-hydrogen) atoms. The summed E-state index contributed by atoms with van der Waals surface area (Å²) in [5, 5.41) is 11.7. The molecule has 0 spiro atoms. The van der Waals surface area contributed by atoms with Gasteiger partial charge in [-0.3, -0.25) is 4.79 Å². The van der Waals surface area contributed by atoms with Gasteiger partial charge >= 0.3 is 5.97 Å². The Balaban J connectivity index is 1.76. The molecule has 1 heterocycles. The Kier molecular flexibility index (Phi) is 7.00. The first kappa shape index (κ1) is 22.0. The highest BCUT2D eigenvalue weighted by Crippen LogP contribution is 2.25. The zero-order valence-electron chi connectivity index (χ0n) is 16.3. The molecule has 1 N–H and O–H groups in total. The summed E-state index contributed by atoms with van der Waals surface area (Å²) < 4.78 is 25.1. The van der Waals surface area contributed by atoms with Crippen LogP contribution in [-0.2, 0) is 9.53 Å². The number of anilines is 1. The zero-order chi connectivity index (χ0) is 22.4. The molecule has 0 fully saturated rings. The van der Waals surface area contributed by atoms with Crippen molar-refractivity contribution in [3.05, 3.63) is 81.8 Å². The summed E-state index contributed by atoms with van der Waals surface area (Å²) in [6.45, 7) is 2.02. The molecule has 1 amide bonds. The zero-order valence-corrected chi connectivity index (χ0v) is 17.9. The highest BCUT2D eigenvalue weighted by atomic mass is 79.9. The first-order chi connectivity index (χ1) is 14.9. The molecule has 156 valence electrons. The van der Waals surface area contributed by atoms with Gasteiger partial charge in [0, 0.05) is 16.1 Å². The third-order valence-corrected chi connectivity index (χ3v) is 4.63. The minimum Gasteiger partial charge on any atom is -0.462 e. The maximum absolute atomic E-state index is 13.9. The van der Waals surface area contributed by atoms with Gasteiger partial charge in [0.15, 0.2) is 0 Å². The Hall–Kier alpha value is -3.70. The number of nitrogens with one attached hydrogen (secondary N) is 1. The predicted octanol–water partition coefficient (Wildman–Crippen LogP) is 5.57. The topological polar surface area (TPSA) is 92.3 Å². The number of ether oxygens (including phenoxy) is 1. The van der Waals surface area contributed by atoms with Crippen LogP contribution in [0.5, 0.6) is 0 Å². The van der Waals surface area contributed by atoms with Crippen LogP contribution >= 0.6 is 15.9 Å². The van der Waals surface area contributed by atoms with E-state index in [9.17, 15) is 19.2 Å². The van der Waals surface area contributed by atoms with Crippen LogP contribution in [0.2, 0.25) is 0 Å². The van der Waals surface area contributed by atoms with E-state index in [-0.39, 0.29) is 23.6 Å². The Morgan fingerprint density at radius 1 is 1.19 bits per heavy atom. The van der Waals surface area contributed by atoms with Crippen LogP contribution in [0.1, 0.15) is 23.0 Å². The standard InChI is InChI=1S/C23H16BrFN2O4/c1-2-30-23(29)15-5-3-14(4-6-15)21-10-8-18(31-21)11-16(13-26)22(28)27-20-9-7-17(24)12-19(20)25/h3-12H,2H2,1H3,(H,27,28). The van der Waals surface area contributed by atoms with Crippen molar-refractivity contribution < 1.29 is 23.1 Å². The van der Waals surface area contributed by atoms with E-state index in [1.54, 1.807) is 55.5 Å². The van der Waals surface area contributed by atoms with Gasteiger partial charge in [-0.15, -0.1) is 0 Å². The number of carbonyl (C=O) groups is 2. The molecule has 0 atom stereocenters. The number of hydrogen-bond acceptors (Lipinski definition) is 5. The molecule has 0 aliphatic rings. The molecular weight excluding hydrogens is 467 g/mol. The number of esters is 1. The number of halogens is 2. The van der Waals surface area contributed by atoms with Gasteiger partial charge in [-0.05, 0) is 49.4 Å². The van der Waals surface area contributed by atoms with Crippen LogP contribution in [-0.4, -0.2) is 18.5 Å². The summed E-state index contributed by atoms with van der Waals surface area (Å²) in [6.07, 6.45) is 1.27.